The Kier molecular flexibility index (Phi) is 6.60. The minimum atomic E-state index is -0.677. The van der Waals surface area contributed by atoms with Crippen molar-refractivity contribution < 1.29 is 19.1 Å². The molecule has 0 aliphatic heterocycles. The molecule has 0 aliphatic rings. The van der Waals surface area contributed by atoms with Crippen LogP contribution in [0.15, 0.2) is 36.4 Å². The van der Waals surface area contributed by atoms with Crippen LogP contribution in [0.5, 0.6) is 11.5 Å². The fourth-order valence-corrected chi connectivity index (χ4v) is 2.57. The maximum absolute atomic E-state index is 12.0. The molecule has 6 nitrogen and oxygen atoms in total. The lowest BCUT2D eigenvalue weighted by atomic mass is 10.1. The maximum Gasteiger partial charge on any atom is 0.313 e. The van der Waals surface area contributed by atoms with Crippen LogP contribution in [0, 0.1) is 13.8 Å². The van der Waals surface area contributed by atoms with E-state index in [-0.39, 0.29) is 0 Å². The summed E-state index contributed by atoms with van der Waals surface area (Å²) in [6, 6.07) is 11.2. The summed E-state index contributed by atoms with van der Waals surface area (Å²) in [7, 11) is 3.15. The van der Waals surface area contributed by atoms with Gasteiger partial charge in [0.1, 0.15) is 0 Å². The van der Waals surface area contributed by atoms with Crippen molar-refractivity contribution in [2.75, 3.05) is 26.1 Å². The Morgan fingerprint density at radius 3 is 2.31 bits per heavy atom. The zero-order chi connectivity index (χ0) is 19.1. The third-order valence-corrected chi connectivity index (χ3v) is 3.98. The topological polar surface area (TPSA) is 76.7 Å². The van der Waals surface area contributed by atoms with Crippen LogP contribution in [0.3, 0.4) is 0 Å². The number of nitrogens with one attached hydrogen (secondary N) is 2. The molecule has 2 N–H and O–H groups in total. The molecule has 0 unspecified atom stereocenters. The molecule has 2 rings (SSSR count). The Morgan fingerprint density at radius 1 is 0.923 bits per heavy atom. The van der Waals surface area contributed by atoms with Gasteiger partial charge in [-0.25, -0.2) is 0 Å². The molecule has 26 heavy (non-hydrogen) atoms. The van der Waals surface area contributed by atoms with Gasteiger partial charge in [-0.3, -0.25) is 9.59 Å². The van der Waals surface area contributed by atoms with E-state index in [9.17, 15) is 9.59 Å². The summed E-state index contributed by atoms with van der Waals surface area (Å²) in [4.78, 5) is 24.0. The second kappa shape index (κ2) is 8.89. The van der Waals surface area contributed by atoms with Crippen molar-refractivity contribution in [3.8, 4) is 11.5 Å². The maximum atomic E-state index is 12.0. The third kappa shape index (κ3) is 4.99. The largest absolute Gasteiger partial charge is 0.493 e. The summed E-state index contributed by atoms with van der Waals surface area (Å²) in [6.45, 7) is 4.20. The van der Waals surface area contributed by atoms with E-state index in [2.05, 4.69) is 10.6 Å². The predicted octanol–water partition coefficient (Wildman–Crippen LogP) is 2.62. The van der Waals surface area contributed by atoms with Crippen LogP contribution in [-0.2, 0) is 16.0 Å². The zero-order valence-corrected chi connectivity index (χ0v) is 15.5. The van der Waals surface area contributed by atoms with Crippen molar-refractivity contribution in [2.45, 2.75) is 20.3 Å². The van der Waals surface area contributed by atoms with E-state index in [1.165, 1.54) is 0 Å². The fraction of sp³-hybridized carbons (Fsp3) is 0.300. The number of hydrogen-bond acceptors (Lipinski definition) is 4. The Hall–Kier alpha value is -3.02. The van der Waals surface area contributed by atoms with Gasteiger partial charge in [-0.1, -0.05) is 23.8 Å². The standard InChI is InChI=1S/C20H24N2O4/c1-13-5-7-16(14(2)11-13)22-20(24)19(23)21-10-9-15-6-8-17(25-3)18(12-15)26-4/h5-8,11-12H,9-10H2,1-4H3,(H,21,23)(H,22,24). The van der Waals surface area contributed by atoms with Gasteiger partial charge in [-0.2, -0.15) is 0 Å². The minimum absolute atomic E-state index is 0.342. The van der Waals surface area contributed by atoms with E-state index < -0.39 is 11.8 Å². The SMILES string of the molecule is COc1ccc(CCNC(=O)C(=O)Nc2ccc(C)cc2C)cc1OC. The van der Waals surface area contributed by atoms with Gasteiger partial charge in [0, 0.05) is 12.2 Å². The van der Waals surface area contributed by atoms with Gasteiger partial charge in [-0.05, 0) is 49.6 Å². The van der Waals surface area contributed by atoms with E-state index in [1.54, 1.807) is 20.3 Å². The van der Waals surface area contributed by atoms with Crippen LogP contribution in [0.25, 0.3) is 0 Å². The molecular weight excluding hydrogens is 332 g/mol. The molecular formula is C20H24N2O4. The molecule has 0 heterocycles. The molecule has 0 spiro atoms. The molecule has 138 valence electrons. The lowest BCUT2D eigenvalue weighted by Crippen LogP contribution is -2.36. The van der Waals surface area contributed by atoms with Crippen LogP contribution in [0.1, 0.15) is 16.7 Å². The monoisotopic (exact) mass is 356 g/mol. The summed E-state index contributed by atoms with van der Waals surface area (Å²) >= 11 is 0. The second-order valence-electron chi connectivity index (χ2n) is 5.97. The van der Waals surface area contributed by atoms with Gasteiger partial charge in [0.15, 0.2) is 11.5 Å². The lowest BCUT2D eigenvalue weighted by Gasteiger charge is -2.11. The number of rotatable bonds is 6. The average molecular weight is 356 g/mol. The van der Waals surface area contributed by atoms with Crippen LogP contribution in [0.2, 0.25) is 0 Å². The van der Waals surface area contributed by atoms with Gasteiger partial charge in [0.05, 0.1) is 14.2 Å². The molecule has 0 saturated carbocycles. The van der Waals surface area contributed by atoms with Gasteiger partial charge in [0.2, 0.25) is 0 Å². The molecule has 0 aromatic heterocycles. The number of hydrogen-bond donors (Lipinski definition) is 2. The predicted molar refractivity (Wildman–Crippen MR) is 101 cm³/mol. The number of carbonyl (C=O) groups is 2. The summed E-state index contributed by atoms with van der Waals surface area (Å²) in [6.07, 6.45) is 0.572. The molecule has 0 bridgehead atoms. The number of methoxy groups -OCH3 is 2. The third-order valence-electron chi connectivity index (χ3n) is 3.98. The smallest absolute Gasteiger partial charge is 0.313 e. The quantitative estimate of drug-likeness (QED) is 0.780. The number of benzene rings is 2. The van der Waals surface area contributed by atoms with E-state index in [4.69, 9.17) is 9.47 Å². The van der Waals surface area contributed by atoms with Crippen molar-refractivity contribution in [3.63, 3.8) is 0 Å². The van der Waals surface area contributed by atoms with Crippen LogP contribution < -0.4 is 20.1 Å². The van der Waals surface area contributed by atoms with Crippen molar-refractivity contribution >= 4 is 17.5 Å². The highest BCUT2D eigenvalue weighted by Crippen LogP contribution is 2.27. The summed E-state index contributed by atoms with van der Waals surface area (Å²) in [5.74, 6) is -0.0632. The lowest BCUT2D eigenvalue weighted by molar-refractivity contribution is -0.136. The second-order valence-corrected chi connectivity index (χ2v) is 5.97. The Morgan fingerprint density at radius 2 is 1.65 bits per heavy atom. The highest BCUT2D eigenvalue weighted by atomic mass is 16.5. The van der Waals surface area contributed by atoms with Gasteiger partial charge >= 0.3 is 11.8 Å². The first-order valence-electron chi connectivity index (χ1n) is 8.32. The molecule has 0 aliphatic carbocycles. The molecule has 0 fully saturated rings. The Labute approximate surface area is 153 Å². The number of amides is 2. The van der Waals surface area contributed by atoms with E-state index in [1.807, 2.05) is 44.2 Å². The van der Waals surface area contributed by atoms with Crippen LogP contribution >= 0.6 is 0 Å². The molecule has 2 aromatic rings. The average Bonchev–Trinajstić information content (AvgIpc) is 2.63. The summed E-state index contributed by atoms with van der Waals surface area (Å²) < 4.78 is 10.4. The number of anilines is 1. The minimum Gasteiger partial charge on any atom is -0.493 e. The molecule has 6 heteroatoms. The van der Waals surface area contributed by atoms with Crippen LogP contribution in [-0.4, -0.2) is 32.6 Å². The normalized spacial score (nSPS) is 10.2. The number of ether oxygens (including phenoxy) is 2. The highest BCUT2D eigenvalue weighted by molar-refractivity contribution is 6.39. The van der Waals surface area contributed by atoms with E-state index in [0.29, 0.717) is 30.2 Å². The molecule has 2 aromatic carbocycles. The highest BCUT2D eigenvalue weighted by Gasteiger charge is 2.14. The Bertz CT molecular complexity index is 802. The summed E-state index contributed by atoms with van der Waals surface area (Å²) in [5.41, 5.74) is 3.62. The molecule has 0 atom stereocenters. The Balaban J connectivity index is 1.87. The van der Waals surface area contributed by atoms with Crippen molar-refractivity contribution in [2.24, 2.45) is 0 Å². The van der Waals surface area contributed by atoms with Crippen molar-refractivity contribution in [1.29, 1.82) is 0 Å². The molecule has 0 saturated heterocycles. The summed E-state index contributed by atoms with van der Waals surface area (Å²) in [5, 5.41) is 5.26. The van der Waals surface area contributed by atoms with Gasteiger partial charge in [-0.15, -0.1) is 0 Å². The first-order chi connectivity index (χ1) is 12.4. The van der Waals surface area contributed by atoms with E-state index in [0.717, 1.165) is 16.7 Å². The number of carbonyl (C=O) groups excluding carboxylic acids is 2. The van der Waals surface area contributed by atoms with E-state index >= 15 is 0 Å². The van der Waals surface area contributed by atoms with Gasteiger partial charge in [0.25, 0.3) is 0 Å². The molecule has 0 radical (unpaired) electrons. The van der Waals surface area contributed by atoms with Crippen molar-refractivity contribution in [1.82, 2.24) is 5.32 Å². The van der Waals surface area contributed by atoms with Crippen LogP contribution in [0.4, 0.5) is 5.69 Å². The molecule has 2 amide bonds. The first-order valence-corrected chi connectivity index (χ1v) is 8.32. The van der Waals surface area contributed by atoms with Gasteiger partial charge < -0.3 is 20.1 Å². The first kappa shape index (κ1) is 19.3. The van der Waals surface area contributed by atoms with Crippen molar-refractivity contribution in [3.05, 3.63) is 53.1 Å². The number of aryl methyl sites for hydroxylation is 2. The zero-order valence-electron chi connectivity index (χ0n) is 15.5. The fourth-order valence-electron chi connectivity index (χ4n) is 2.57.